The molecule has 0 bridgehead atoms. The molecule has 2 heteroatoms. The standard InChI is InChI=1S/C15H21NO/c1-3-15(9-16-10-15)8-13-7-12-6-11(2)4-5-14(12)17-13/h4-6,13,16H,3,7-10H2,1-2H3. The van der Waals surface area contributed by atoms with Gasteiger partial charge in [-0.1, -0.05) is 24.6 Å². The molecule has 0 spiro atoms. The number of benzene rings is 1. The fraction of sp³-hybridized carbons (Fsp3) is 0.600. The van der Waals surface area contributed by atoms with Gasteiger partial charge in [0.1, 0.15) is 11.9 Å². The molecular weight excluding hydrogens is 210 g/mol. The van der Waals surface area contributed by atoms with Gasteiger partial charge < -0.3 is 10.1 Å². The van der Waals surface area contributed by atoms with Crippen LogP contribution in [0.1, 0.15) is 30.9 Å². The summed E-state index contributed by atoms with van der Waals surface area (Å²) in [6, 6.07) is 6.54. The maximum Gasteiger partial charge on any atom is 0.123 e. The van der Waals surface area contributed by atoms with Gasteiger partial charge in [0, 0.05) is 19.5 Å². The van der Waals surface area contributed by atoms with E-state index in [9.17, 15) is 0 Å². The molecule has 2 nitrogen and oxygen atoms in total. The van der Waals surface area contributed by atoms with Gasteiger partial charge in [-0.25, -0.2) is 0 Å². The first-order chi connectivity index (χ1) is 8.21. The number of hydrogen-bond acceptors (Lipinski definition) is 2. The minimum absolute atomic E-state index is 0.397. The molecule has 0 saturated carbocycles. The molecule has 0 aromatic heterocycles. The van der Waals surface area contributed by atoms with Crippen LogP contribution in [0.3, 0.4) is 0 Å². The van der Waals surface area contributed by atoms with Gasteiger partial charge in [0.2, 0.25) is 0 Å². The minimum Gasteiger partial charge on any atom is -0.490 e. The maximum absolute atomic E-state index is 6.07. The van der Waals surface area contributed by atoms with Crippen LogP contribution in [-0.4, -0.2) is 19.2 Å². The van der Waals surface area contributed by atoms with E-state index in [-0.39, 0.29) is 0 Å². The molecule has 92 valence electrons. The summed E-state index contributed by atoms with van der Waals surface area (Å²) in [7, 11) is 0. The summed E-state index contributed by atoms with van der Waals surface area (Å²) < 4.78 is 6.07. The third-order valence-electron chi connectivity index (χ3n) is 4.37. The zero-order chi connectivity index (χ0) is 11.9. The molecule has 1 aromatic rings. The highest BCUT2D eigenvalue weighted by molar-refractivity contribution is 5.40. The summed E-state index contributed by atoms with van der Waals surface area (Å²) >= 11 is 0. The van der Waals surface area contributed by atoms with Crippen molar-refractivity contribution in [3.05, 3.63) is 29.3 Å². The lowest BCUT2D eigenvalue weighted by Gasteiger charge is -2.43. The van der Waals surface area contributed by atoms with E-state index in [0.717, 1.165) is 12.2 Å². The molecule has 2 aliphatic heterocycles. The predicted molar refractivity (Wildman–Crippen MR) is 69.5 cm³/mol. The van der Waals surface area contributed by atoms with E-state index in [1.807, 2.05) is 0 Å². The van der Waals surface area contributed by atoms with Crippen molar-refractivity contribution in [2.75, 3.05) is 13.1 Å². The molecule has 0 radical (unpaired) electrons. The third kappa shape index (κ3) is 1.95. The Morgan fingerprint density at radius 3 is 2.88 bits per heavy atom. The van der Waals surface area contributed by atoms with E-state index in [4.69, 9.17) is 4.74 Å². The van der Waals surface area contributed by atoms with E-state index in [2.05, 4.69) is 37.4 Å². The van der Waals surface area contributed by atoms with Crippen molar-refractivity contribution in [3.63, 3.8) is 0 Å². The van der Waals surface area contributed by atoms with Gasteiger partial charge in [-0.15, -0.1) is 0 Å². The van der Waals surface area contributed by atoms with Crippen molar-refractivity contribution in [1.82, 2.24) is 5.32 Å². The van der Waals surface area contributed by atoms with Crippen LogP contribution in [0.5, 0.6) is 5.75 Å². The number of ether oxygens (including phenoxy) is 1. The topological polar surface area (TPSA) is 21.3 Å². The van der Waals surface area contributed by atoms with Gasteiger partial charge in [-0.3, -0.25) is 0 Å². The zero-order valence-corrected chi connectivity index (χ0v) is 10.8. The summed E-state index contributed by atoms with van der Waals surface area (Å²) in [5, 5.41) is 3.40. The van der Waals surface area contributed by atoms with Crippen LogP contribution in [0.4, 0.5) is 0 Å². The third-order valence-corrected chi connectivity index (χ3v) is 4.37. The SMILES string of the molecule is CCC1(CC2Cc3cc(C)ccc3O2)CNC1. The average Bonchev–Trinajstić information content (AvgIpc) is 2.65. The Bertz CT molecular complexity index is 417. The van der Waals surface area contributed by atoms with E-state index < -0.39 is 0 Å². The van der Waals surface area contributed by atoms with Crippen LogP contribution < -0.4 is 10.1 Å². The number of fused-ring (bicyclic) bond motifs is 1. The van der Waals surface area contributed by atoms with E-state index in [0.29, 0.717) is 11.5 Å². The lowest BCUT2D eigenvalue weighted by Crippen LogP contribution is -2.54. The maximum atomic E-state index is 6.07. The zero-order valence-electron chi connectivity index (χ0n) is 10.8. The molecule has 2 heterocycles. The Kier molecular flexibility index (Phi) is 2.62. The number of nitrogens with one attached hydrogen (secondary N) is 1. The molecule has 1 fully saturated rings. The molecule has 1 saturated heterocycles. The number of hydrogen-bond donors (Lipinski definition) is 1. The average molecular weight is 231 g/mol. The highest BCUT2D eigenvalue weighted by Gasteiger charge is 2.39. The van der Waals surface area contributed by atoms with Crippen LogP contribution in [0.2, 0.25) is 0 Å². The lowest BCUT2D eigenvalue weighted by atomic mass is 9.74. The minimum atomic E-state index is 0.397. The van der Waals surface area contributed by atoms with Crippen LogP contribution in [0.25, 0.3) is 0 Å². The number of aryl methyl sites for hydroxylation is 1. The summed E-state index contributed by atoms with van der Waals surface area (Å²) in [6.07, 6.45) is 3.95. The van der Waals surface area contributed by atoms with Crippen LogP contribution in [0.15, 0.2) is 18.2 Å². The predicted octanol–water partition coefficient (Wildman–Crippen LogP) is 2.69. The van der Waals surface area contributed by atoms with E-state index in [1.54, 1.807) is 0 Å². The van der Waals surface area contributed by atoms with Crippen molar-refractivity contribution in [3.8, 4) is 5.75 Å². The van der Waals surface area contributed by atoms with Crippen LogP contribution in [-0.2, 0) is 6.42 Å². The van der Waals surface area contributed by atoms with Crippen LogP contribution >= 0.6 is 0 Å². The molecule has 0 amide bonds. The number of rotatable bonds is 3. The molecular formula is C15H21NO. The van der Waals surface area contributed by atoms with E-state index in [1.165, 1.54) is 37.1 Å². The highest BCUT2D eigenvalue weighted by atomic mass is 16.5. The first-order valence-electron chi connectivity index (χ1n) is 6.68. The van der Waals surface area contributed by atoms with Crippen molar-refractivity contribution in [2.24, 2.45) is 5.41 Å². The summed E-state index contributed by atoms with van der Waals surface area (Å²) in [5.41, 5.74) is 3.24. The summed E-state index contributed by atoms with van der Waals surface area (Å²) in [4.78, 5) is 0. The smallest absolute Gasteiger partial charge is 0.123 e. The molecule has 3 rings (SSSR count). The van der Waals surface area contributed by atoms with Crippen molar-refractivity contribution in [1.29, 1.82) is 0 Å². The van der Waals surface area contributed by atoms with Gasteiger partial charge in [0.25, 0.3) is 0 Å². The Labute approximate surface area is 103 Å². The second-order valence-corrected chi connectivity index (χ2v) is 5.72. The van der Waals surface area contributed by atoms with E-state index >= 15 is 0 Å². The Hall–Kier alpha value is -1.02. The van der Waals surface area contributed by atoms with Gasteiger partial charge in [0.05, 0.1) is 0 Å². The van der Waals surface area contributed by atoms with Gasteiger partial charge >= 0.3 is 0 Å². The largest absolute Gasteiger partial charge is 0.490 e. The quantitative estimate of drug-likeness (QED) is 0.863. The monoisotopic (exact) mass is 231 g/mol. The molecule has 2 aliphatic rings. The Morgan fingerprint density at radius 2 is 2.24 bits per heavy atom. The van der Waals surface area contributed by atoms with Crippen molar-refractivity contribution < 1.29 is 4.74 Å². The molecule has 0 aliphatic carbocycles. The second-order valence-electron chi connectivity index (χ2n) is 5.72. The fourth-order valence-corrected chi connectivity index (χ4v) is 3.06. The molecule has 1 unspecified atom stereocenters. The summed E-state index contributed by atoms with van der Waals surface area (Å²) in [5.74, 6) is 1.11. The normalized spacial score (nSPS) is 24.9. The fourth-order valence-electron chi connectivity index (χ4n) is 3.06. The van der Waals surface area contributed by atoms with Crippen LogP contribution in [0, 0.1) is 12.3 Å². The molecule has 1 atom stereocenters. The van der Waals surface area contributed by atoms with Gasteiger partial charge in [0.15, 0.2) is 0 Å². The van der Waals surface area contributed by atoms with Crippen molar-refractivity contribution >= 4 is 0 Å². The first kappa shape index (κ1) is 11.1. The van der Waals surface area contributed by atoms with Crippen molar-refractivity contribution in [2.45, 2.75) is 39.2 Å². The second kappa shape index (κ2) is 4.02. The summed E-state index contributed by atoms with van der Waals surface area (Å²) in [6.45, 7) is 6.78. The first-order valence-corrected chi connectivity index (χ1v) is 6.68. The Morgan fingerprint density at radius 1 is 1.41 bits per heavy atom. The Balaban J connectivity index is 1.70. The molecule has 1 N–H and O–H groups in total. The van der Waals surface area contributed by atoms with Gasteiger partial charge in [-0.05, 0) is 36.8 Å². The highest BCUT2D eigenvalue weighted by Crippen LogP contribution is 2.38. The molecule has 17 heavy (non-hydrogen) atoms. The molecule has 1 aromatic carbocycles. The van der Waals surface area contributed by atoms with Gasteiger partial charge in [-0.2, -0.15) is 0 Å². The lowest BCUT2D eigenvalue weighted by molar-refractivity contribution is 0.0797.